The SMILES string of the molecule is CC1CN(C(C)C)C[C@@H](C)C1O. The van der Waals surface area contributed by atoms with Crippen molar-refractivity contribution in [2.24, 2.45) is 11.8 Å². The number of piperidine rings is 1. The van der Waals surface area contributed by atoms with Gasteiger partial charge in [0.2, 0.25) is 0 Å². The van der Waals surface area contributed by atoms with Crippen LogP contribution in [0.1, 0.15) is 27.7 Å². The van der Waals surface area contributed by atoms with E-state index in [1.54, 1.807) is 0 Å². The Bertz CT molecular complexity index is 135. The normalized spacial score (nSPS) is 39.0. The van der Waals surface area contributed by atoms with Crippen LogP contribution in [0.4, 0.5) is 0 Å². The van der Waals surface area contributed by atoms with E-state index in [2.05, 4.69) is 32.6 Å². The van der Waals surface area contributed by atoms with Crippen molar-refractivity contribution in [2.75, 3.05) is 13.1 Å². The van der Waals surface area contributed by atoms with Gasteiger partial charge in [0.15, 0.2) is 0 Å². The van der Waals surface area contributed by atoms with Crippen LogP contribution in [0.15, 0.2) is 0 Å². The van der Waals surface area contributed by atoms with Crippen molar-refractivity contribution in [3.05, 3.63) is 0 Å². The Morgan fingerprint density at radius 3 is 1.92 bits per heavy atom. The Hall–Kier alpha value is -0.0800. The second kappa shape index (κ2) is 3.75. The van der Waals surface area contributed by atoms with E-state index in [1.807, 2.05) is 0 Å². The third-order valence-corrected chi connectivity index (χ3v) is 2.94. The molecule has 1 saturated heterocycles. The van der Waals surface area contributed by atoms with Crippen LogP contribution in [0.5, 0.6) is 0 Å². The summed E-state index contributed by atoms with van der Waals surface area (Å²) >= 11 is 0. The van der Waals surface area contributed by atoms with E-state index in [4.69, 9.17) is 0 Å². The predicted molar refractivity (Wildman–Crippen MR) is 51.0 cm³/mol. The molecule has 0 amide bonds. The predicted octanol–water partition coefficient (Wildman–Crippen LogP) is 1.34. The first-order valence-corrected chi connectivity index (χ1v) is 4.94. The van der Waals surface area contributed by atoms with Crippen LogP contribution in [0, 0.1) is 11.8 Å². The van der Waals surface area contributed by atoms with E-state index in [9.17, 15) is 5.11 Å². The number of rotatable bonds is 1. The summed E-state index contributed by atoms with van der Waals surface area (Å²) in [5, 5.41) is 9.72. The van der Waals surface area contributed by atoms with Crippen molar-refractivity contribution >= 4 is 0 Å². The van der Waals surface area contributed by atoms with Gasteiger partial charge in [0.05, 0.1) is 6.10 Å². The molecule has 1 rings (SSSR count). The Labute approximate surface area is 75.6 Å². The molecule has 1 N–H and O–H groups in total. The average molecular weight is 171 g/mol. The minimum Gasteiger partial charge on any atom is -0.392 e. The zero-order valence-electron chi connectivity index (χ0n) is 8.62. The van der Waals surface area contributed by atoms with E-state index < -0.39 is 0 Å². The van der Waals surface area contributed by atoms with Gasteiger partial charge in [-0.25, -0.2) is 0 Å². The van der Waals surface area contributed by atoms with Crippen molar-refractivity contribution in [3.8, 4) is 0 Å². The standard InChI is InChI=1S/C10H21NO/c1-7(2)11-5-8(3)10(12)9(4)6-11/h7-10,12H,5-6H2,1-4H3/t8-,9?,10?/m1/s1. The molecule has 1 aliphatic rings. The van der Waals surface area contributed by atoms with E-state index in [-0.39, 0.29) is 6.10 Å². The van der Waals surface area contributed by atoms with Gasteiger partial charge in [-0.3, -0.25) is 0 Å². The first-order valence-electron chi connectivity index (χ1n) is 4.94. The first kappa shape index (κ1) is 10.0. The van der Waals surface area contributed by atoms with E-state index >= 15 is 0 Å². The third-order valence-electron chi connectivity index (χ3n) is 2.94. The van der Waals surface area contributed by atoms with Crippen molar-refractivity contribution < 1.29 is 5.11 Å². The fourth-order valence-corrected chi connectivity index (χ4v) is 2.01. The summed E-state index contributed by atoms with van der Waals surface area (Å²) in [6, 6.07) is 0.613. The smallest absolute Gasteiger partial charge is 0.0615 e. The quantitative estimate of drug-likeness (QED) is 0.643. The monoisotopic (exact) mass is 171 g/mol. The molecule has 0 aliphatic carbocycles. The van der Waals surface area contributed by atoms with E-state index in [0.717, 1.165) is 13.1 Å². The lowest BCUT2D eigenvalue weighted by atomic mass is 9.88. The second-order valence-corrected chi connectivity index (χ2v) is 4.49. The molecule has 1 heterocycles. The van der Waals surface area contributed by atoms with Crippen LogP contribution in [-0.2, 0) is 0 Å². The van der Waals surface area contributed by atoms with Gasteiger partial charge in [0.25, 0.3) is 0 Å². The molecule has 2 unspecified atom stereocenters. The van der Waals surface area contributed by atoms with Crippen LogP contribution >= 0.6 is 0 Å². The average Bonchev–Trinajstić information content (AvgIpc) is 1.99. The molecule has 0 aromatic heterocycles. The molecule has 0 spiro atoms. The summed E-state index contributed by atoms with van der Waals surface area (Å²) in [5.41, 5.74) is 0. The van der Waals surface area contributed by atoms with Crippen molar-refractivity contribution in [2.45, 2.75) is 39.8 Å². The lowest BCUT2D eigenvalue weighted by molar-refractivity contribution is -0.0180. The zero-order valence-corrected chi connectivity index (χ0v) is 8.62. The number of hydrogen-bond donors (Lipinski definition) is 1. The van der Waals surface area contributed by atoms with E-state index in [0.29, 0.717) is 17.9 Å². The molecule has 0 aromatic rings. The lowest BCUT2D eigenvalue weighted by Gasteiger charge is -2.40. The van der Waals surface area contributed by atoms with Gasteiger partial charge in [-0.1, -0.05) is 13.8 Å². The maximum absolute atomic E-state index is 9.72. The Balaban J connectivity index is 2.53. The summed E-state index contributed by atoms with van der Waals surface area (Å²) in [7, 11) is 0. The topological polar surface area (TPSA) is 23.5 Å². The van der Waals surface area contributed by atoms with Gasteiger partial charge < -0.3 is 10.0 Å². The molecule has 1 aliphatic heterocycles. The summed E-state index contributed by atoms with van der Waals surface area (Å²) in [4.78, 5) is 2.45. The van der Waals surface area contributed by atoms with Crippen LogP contribution in [0.2, 0.25) is 0 Å². The van der Waals surface area contributed by atoms with Crippen LogP contribution < -0.4 is 0 Å². The largest absolute Gasteiger partial charge is 0.392 e. The van der Waals surface area contributed by atoms with Gasteiger partial charge in [-0.2, -0.15) is 0 Å². The minimum atomic E-state index is -0.0972. The molecular formula is C10H21NO. The second-order valence-electron chi connectivity index (χ2n) is 4.49. The Kier molecular flexibility index (Phi) is 3.13. The summed E-state index contributed by atoms with van der Waals surface area (Å²) in [6.07, 6.45) is -0.0972. The minimum absolute atomic E-state index is 0.0972. The van der Waals surface area contributed by atoms with Gasteiger partial charge in [0.1, 0.15) is 0 Å². The molecule has 2 heteroatoms. The molecule has 1 fully saturated rings. The molecular weight excluding hydrogens is 150 g/mol. The highest BCUT2D eigenvalue weighted by Gasteiger charge is 2.30. The molecule has 72 valence electrons. The first-order chi connectivity index (χ1) is 5.52. The Morgan fingerprint density at radius 1 is 1.17 bits per heavy atom. The lowest BCUT2D eigenvalue weighted by Crippen LogP contribution is -2.49. The van der Waals surface area contributed by atoms with Gasteiger partial charge in [0, 0.05) is 19.1 Å². The highest BCUT2D eigenvalue weighted by atomic mass is 16.3. The highest BCUT2D eigenvalue weighted by Crippen LogP contribution is 2.22. The highest BCUT2D eigenvalue weighted by molar-refractivity contribution is 4.83. The van der Waals surface area contributed by atoms with E-state index in [1.165, 1.54) is 0 Å². The molecule has 0 bridgehead atoms. The molecule has 0 saturated carbocycles. The van der Waals surface area contributed by atoms with Crippen molar-refractivity contribution in [1.29, 1.82) is 0 Å². The third kappa shape index (κ3) is 1.99. The molecule has 2 nitrogen and oxygen atoms in total. The zero-order chi connectivity index (χ0) is 9.30. The number of aliphatic hydroxyl groups is 1. The van der Waals surface area contributed by atoms with Crippen LogP contribution in [0.3, 0.4) is 0 Å². The van der Waals surface area contributed by atoms with Gasteiger partial charge in [-0.15, -0.1) is 0 Å². The maximum Gasteiger partial charge on any atom is 0.0615 e. The number of nitrogens with zero attached hydrogens (tertiary/aromatic N) is 1. The van der Waals surface area contributed by atoms with Gasteiger partial charge >= 0.3 is 0 Å². The molecule has 12 heavy (non-hydrogen) atoms. The molecule has 3 atom stereocenters. The number of likely N-dealkylation sites (tertiary alicyclic amines) is 1. The molecule has 0 radical (unpaired) electrons. The summed E-state index contributed by atoms with van der Waals surface area (Å²) < 4.78 is 0. The summed E-state index contributed by atoms with van der Waals surface area (Å²) in [6.45, 7) is 10.8. The van der Waals surface area contributed by atoms with Crippen molar-refractivity contribution in [3.63, 3.8) is 0 Å². The number of aliphatic hydroxyl groups excluding tert-OH is 1. The van der Waals surface area contributed by atoms with Crippen LogP contribution in [-0.4, -0.2) is 35.2 Å². The molecule has 0 aromatic carbocycles. The number of hydrogen-bond acceptors (Lipinski definition) is 2. The fraction of sp³-hybridized carbons (Fsp3) is 1.00. The van der Waals surface area contributed by atoms with Crippen molar-refractivity contribution in [1.82, 2.24) is 4.90 Å². The summed E-state index contributed by atoms with van der Waals surface area (Å²) in [5.74, 6) is 0.854. The van der Waals surface area contributed by atoms with Gasteiger partial charge in [-0.05, 0) is 25.7 Å². The van der Waals surface area contributed by atoms with Crippen LogP contribution in [0.25, 0.3) is 0 Å². The Morgan fingerprint density at radius 2 is 1.58 bits per heavy atom. The maximum atomic E-state index is 9.72. The fourth-order valence-electron chi connectivity index (χ4n) is 2.01.